The first-order valence-corrected chi connectivity index (χ1v) is 5.59. The standard InChI is InChI=1S/C11H10O6/c12-8-4-1-2-5(9(13)16-8)7-6(3-4)10(14)17-11(7)15/h4-7H,1-3H2. The van der Waals surface area contributed by atoms with Crippen LogP contribution in [0.1, 0.15) is 19.3 Å². The second kappa shape index (κ2) is 3.38. The second-order valence-electron chi connectivity index (χ2n) is 4.73. The highest BCUT2D eigenvalue weighted by Crippen LogP contribution is 2.44. The average Bonchev–Trinajstić information content (AvgIpc) is 2.45. The zero-order chi connectivity index (χ0) is 12.2. The molecule has 3 rings (SSSR count). The number of hydrogen-bond donors (Lipinski definition) is 0. The van der Waals surface area contributed by atoms with E-state index in [0.29, 0.717) is 12.8 Å². The minimum Gasteiger partial charge on any atom is -0.393 e. The van der Waals surface area contributed by atoms with Gasteiger partial charge in [0, 0.05) is 0 Å². The summed E-state index contributed by atoms with van der Waals surface area (Å²) in [7, 11) is 0. The van der Waals surface area contributed by atoms with Crippen molar-refractivity contribution in [3.63, 3.8) is 0 Å². The van der Waals surface area contributed by atoms with Crippen molar-refractivity contribution in [1.82, 2.24) is 0 Å². The molecule has 2 bridgehead atoms. The molecule has 0 amide bonds. The zero-order valence-corrected chi connectivity index (χ0v) is 8.88. The maximum Gasteiger partial charge on any atom is 0.318 e. The molecule has 2 aliphatic heterocycles. The lowest BCUT2D eigenvalue weighted by molar-refractivity contribution is -0.168. The molecular weight excluding hydrogens is 228 g/mol. The number of ether oxygens (including phenoxy) is 2. The van der Waals surface area contributed by atoms with Crippen molar-refractivity contribution in [2.45, 2.75) is 19.3 Å². The first kappa shape index (κ1) is 10.4. The lowest BCUT2D eigenvalue weighted by Crippen LogP contribution is -2.35. The highest BCUT2D eigenvalue weighted by atomic mass is 16.6. The van der Waals surface area contributed by atoms with Crippen LogP contribution < -0.4 is 0 Å². The van der Waals surface area contributed by atoms with Gasteiger partial charge < -0.3 is 9.47 Å². The molecule has 0 N–H and O–H groups in total. The molecule has 0 spiro atoms. The van der Waals surface area contributed by atoms with Crippen LogP contribution in [-0.4, -0.2) is 23.9 Å². The summed E-state index contributed by atoms with van der Waals surface area (Å²) < 4.78 is 9.23. The fraction of sp³-hybridized carbons (Fsp3) is 0.636. The molecule has 90 valence electrons. The predicted molar refractivity (Wildman–Crippen MR) is 50.0 cm³/mol. The Morgan fingerprint density at radius 2 is 1.41 bits per heavy atom. The van der Waals surface area contributed by atoms with Gasteiger partial charge in [-0.05, 0) is 19.3 Å². The maximum absolute atomic E-state index is 11.7. The number of carbonyl (C=O) groups is 4. The molecule has 3 fully saturated rings. The molecule has 0 aromatic heterocycles. The van der Waals surface area contributed by atoms with Crippen molar-refractivity contribution in [2.24, 2.45) is 23.7 Å². The predicted octanol–water partition coefficient (Wildman–Crippen LogP) is -0.198. The minimum absolute atomic E-state index is 0.248. The van der Waals surface area contributed by atoms with Crippen LogP contribution in [0.25, 0.3) is 0 Å². The number of esters is 4. The minimum atomic E-state index is -0.756. The van der Waals surface area contributed by atoms with Gasteiger partial charge in [-0.15, -0.1) is 0 Å². The summed E-state index contributed by atoms with van der Waals surface area (Å²) in [5.74, 6) is -5.14. The maximum atomic E-state index is 11.7. The Morgan fingerprint density at radius 3 is 2.18 bits per heavy atom. The third kappa shape index (κ3) is 1.40. The van der Waals surface area contributed by atoms with Crippen LogP contribution in [0, 0.1) is 23.7 Å². The molecule has 17 heavy (non-hydrogen) atoms. The van der Waals surface area contributed by atoms with Crippen molar-refractivity contribution in [3.8, 4) is 0 Å². The highest BCUT2D eigenvalue weighted by molar-refractivity contribution is 6.01. The first-order valence-electron chi connectivity index (χ1n) is 5.59. The third-order valence-corrected chi connectivity index (χ3v) is 3.84. The van der Waals surface area contributed by atoms with Gasteiger partial charge in [0.15, 0.2) is 0 Å². The fourth-order valence-electron chi connectivity index (χ4n) is 2.96. The van der Waals surface area contributed by atoms with Gasteiger partial charge in [0.25, 0.3) is 0 Å². The van der Waals surface area contributed by atoms with Gasteiger partial charge in [0.05, 0.1) is 23.7 Å². The van der Waals surface area contributed by atoms with E-state index in [1.165, 1.54) is 0 Å². The van der Waals surface area contributed by atoms with E-state index in [0.717, 1.165) is 0 Å². The molecule has 4 unspecified atom stereocenters. The topological polar surface area (TPSA) is 86.7 Å². The van der Waals surface area contributed by atoms with Crippen LogP contribution in [0.3, 0.4) is 0 Å². The Hall–Kier alpha value is -1.72. The van der Waals surface area contributed by atoms with Gasteiger partial charge in [0.1, 0.15) is 0 Å². The molecule has 1 saturated carbocycles. The summed E-state index contributed by atoms with van der Waals surface area (Å²) in [6.07, 6.45) is 1.14. The van der Waals surface area contributed by atoms with Crippen LogP contribution in [0.5, 0.6) is 0 Å². The normalized spacial score (nSPS) is 40.5. The largest absolute Gasteiger partial charge is 0.393 e. The zero-order valence-electron chi connectivity index (χ0n) is 8.88. The molecule has 0 aromatic rings. The SMILES string of the molecule is O=C1OC(=O)C2CCC1CC1C(=O)OC(=O)C21. The van der Waals surface area contributed by atoms with Crippen molar-refractivity contribution in [3.05, 3.63) is 0 Å². The summed E-state index contributed by atoms with van der Waals surface area (Å²) in [6.45, 7) is 0. The van der Waals surface area contributed by atoms with Gasteiger partial charge in [-0.25, -0.2) is 0 Å². The molecule has 6 heteroatoms. The lowest BCUT2D eigenvalue weighted by atomic mass is 9.81. The Morgan fingerprint density at radius 1 is 0.765 bits per heavy atom. The third-order valence-electron chi connectivity index (χ3n) is 3.84. The summed E-state index contributed by atoms with van der Waals surface area (Å²) in [5.41, 5.74) is 0. The van der Waals surface area contributed by atoms with E-state index in [9.17, 15) is 19.2 Å². The van der Waals surface area contributed by atoms with Crippen molar-refractivity contribution in [1.29, 1.82) is 0 Å². The van der Waals surface area contributed by atoms with Crippen LogP contribution >= 0.6 is 0 Å². The highest BCUT2D eigenvalue weighted by Gasteiger charge is 2.56. The van der Waals surface area contributed by atoms with Crippen molar-refractivity contribution >= 4 is 23.9 Å². The van der Waals surface area contributed by atoms with E-state index in [1.807, 2.05) is 0 Å². The summed E-state index contributed by atoms with van der Waals surface area (Å²) in [5, 5.41) is 0. The monoisotopic (exact) mass is 238 g/mol. The fourth-order valence-corrected chi connectivity index (χ4v) is 2.96. The Labute approximate surface area is 96.2 Å². The molecule has 3 aliphatic rings. The summed E-state index contributed by atoms with van der Waals surface area (Å²) >= 11 is 0. The number of cyclic esters (lactones) is 4. The van der Waals surface area contributed by atoms with E-state index in [2.05, 4.69) is 9.47 Å². The number of fused-ring (bicyclic) bond motifs is 5. The molecule has 2 heterocycles. The Balaban J connectivity index is 2.04. The number of rotatable bonds is 0. The van der Waals surface area contributed by atoms with E-state index in [1.54, 1.807) is 0 Å². The van der Waals surface area contributed by atoms with E-state index in [4.69, 9.17) is 0 Å². The van der Waals surface area contributed by atoms with Crippen molar-refractivity contribution < 1.29 is 28.7 Å². The van der Waals surface area contributed by atoms with Crippen molar-refractivity contribution in [2.75, 3.05) is 0 Å². The molecule has 1 aliphatic carbocycles. The van der Waals surface area contributed by atoms with Gasteiger partial charge in [-0.1, -0.05) is 0 Å². The summed E-state index contributed by atoms with van der Waals surface area (Å²) in [4.78, 5) is 46.3. The quantitative estimate of drug-likeness (QED) is 0.429. The molecule has 2 saturated heterocycles. The summed E-state index contributed by atoms with van der Waals surface area (Å²) in [6, 6.07) is 0. The molecule has 6 nitrogen and oxygen atoms in total. The number of hydrogen-bond acceptors (Lipinski definition) is 6. The van der Waals surface area contributed by atoms with Gasteiger partial charge >= 0.3 is 23.9 Å². The Kier molecular flexibility index (Phi) is 2.08. The van der Waals surface area contributed by atoms with Crippen LogP contribution in [0.4, 0.5) is 0 Å². The first-order chi connectivity index (χ1) is 8.08. The molecule has 0 aromatic carbocycles. The molecule has 4 atom stereocenters. The van der Waals surface area contributed by atoms with Gasteiger partial charge in [-0.2, -0.15) is 0 Å². The molecule has 0 radical (unpaired) electrons. The van der Waals surface area contributed by atoms with E-state index >= 15 is 0 Å². The second-order valence-corrected chi connectivity index (χ2v) is 4.73. The van der Waals surface area contributed by atoms with Crippen LogP contribution in [0.2, 0.25) is 0 Å². The average molecular weight is 238 g/mol. The molecular formula is C11H10O6. The smallest absolute Gasteiger partial charge is 0.318 e. The van der Waals surface area contributed by atoms with Crippen LogP contribution in [0.15, 0.2) is 0 Å². The lowest BCUT2D eigenvalue weighted by Gasteiger charge is -2.21. The van der Waals surface area contributed by atoms with E-state index in [-0.39, 0.29) is 6.42 Å². The van der Waals surface area contributed by atoms with E-state index < -0.39 is 47.5 Å². The Bertz CT molecular complexity index is 439. The number of carbonyl (C=O) groups excluding carboxylic acids is 4. The van der Waals surface area contributed by atoms with Gasteiger partial charge in [-0.3, -0.25) is 19.2 Å². The van der Waals surface area contributed by atoms with Crippen LogP contribution in [-0.2, 0) is 28.7 Å². The van der Waals surface area contributed by atoms with Gasteiger partial charge in [0.2, 0.25) is 0 Å².